The van der Waals surface area contributed by atoms with Gasteiger partial charge in [0, 0.05) is 4.24 Å². The van der Waals surface area contributed by atoms with Crippen molar-refractivity contribution in [1.29, 1.82) is 0 Å². The van der Waals surface area contributed by atoms with Gasteiger partial charge in [-0.3, -0.25) is 0 Å². The van der Waals surface area contributed by atoms with Crippen molar-refractivity contribution in [1.82, 2.24) is 0 Å². The van der Waals surface area contributed by atoms with Crippen LogP contribution >= 0.6 is 24.4 Å². The second-order valence-electron chi connectivity index (χ2n) is 2.10. The first-order valence-corrected chi connectivity index (χ1v) is 5.00. The second kappa shape index (κ2) is 4.52. The highest BCUT2D eigenvalue weighted by atomic mass is 32.2. The van der Waals surface area contributed by atoms with Gasteiger partial charge in [-0.05, 0) is 17.9 Å². The molecule has 0 aliphatic heterocycles. The topological polar surface area (TPSA) is 0 Å². The quantitative estimate of drug-likeness (QED) is 0.685. The van der Waals surface area contributed by atoms with Crippen LogP contribution in [0.1, 0.15) is 5.56 Å². The zero-order valence-corrected chi connectivity index (χ0v) is 8.03. The van der Waals surface area contributed by atoms with Gasteiger partial charge in [0.25, 0.3) is 0 Å². The summed E-state index contributed by atoms with van der Waals surface area (Å²) in [5, 5.41) is 0. The fraction of sp³-hybridized carbons (Fsp3) is 0.111. The molecule has 0 atom stereocenters. The first-order chi connectivity index (χ1) is 5.33. The second-order valence-corrected chi connectivity index (χ2v) is 3.73. The Kier molecular flexibility index (Phi) is 3.60. The van der Waals surface area contributed by atoms with E-state index in [0.29, 0.717) is 0 Å². The van der Waals surface area contributed by atoms with E-state index >= 15 is 0 Å². The Morgan fingerprint density at radius 1 is 1.36 bits per heavy atom. The van der Waals surface area contributed by atoms with Crippen LogP contribution in [0.5, 0.6) is 0 Å². The maximum atomic E-state index is 4.27. The lowest BCUT2D eigenvalue weighted by atomic mass is 10.2. The Bertz CT molecular complexity index is 239. The molecule has 58 valence electrons. The molecule has 0 bridgehead atoms. The first kappa shape index (κ1) is 8.75. The Hall–Kier alpha value is -0.340. The van der Waals surface area contributed by atoms with Crippen molar-refractivity contribution in [3.05, 3.63) is 40.1 Å². The van der Waals surface area contributed by atoms with Crippen LogP contribution < -0.4 is 0 Å². The first-order valence-electron chi connectivity index (χ1n) is 3.32. The molecule has 11 heavy (non-hydrogen) atoms. The molecule has 0 saturated heterocycles. The third-order valence-corrected chi connectivity index (χ3v) is 2.51. The summed E-state index contributed by atoms with van der Waals surface area (Å²) in [4.78, 5) is 0. The van der Waals surface area contributed by atoms with Gasteiger partial charge in [-0.2, -0.15) is 0 Å². The van der Waals surface area contributed by atoms with Crippen molar-refractivity contribution in [3.63, 3.8) is 0 Å². The highest BCUT2D eigenvalue weighted by Gasteiger charge is 1.87. The fourth-order valence-corrected chi connectivity index (χ4v) is 1.15. The van der Waals surface area contributed by atoms with Gasteiger partial charge in [-0.25, -0.2) is 0 Å². The summed E-state index contributed by atoms with van der Waals surface area (Å²) in [6.07, 6.45) is 4.07. The summed E-state index contributed by atoms with van der Waals surface area (Å²) in [5.41, 5.74) is 1.20. The van der Waals surface area contributed by atoms with E-state index in [9.17, 15) is 0 Å². The highest BCUT2D eigenvalue weighted by molar-refractivity contribution is 8.15. The minimum atomic E-state index is 1.04. The summed E-state index contributed by atoms with van der Waals surface area (Å²) in [6.45, 7) is 0. The van der Waals surface area contributed by atoms with Gasteiger partial charge in [0.1, 0.15) is 0 Å². The van der Waals surface area contributed by atoms with Crippen molar-refractivity contribution in [2.75, 3.05) is 6.26 Å². The summed E-state index contributed by atoms with van der Waals surface area (Å²) in [5.74, 6) is 0. The minimum absolute atomic E-state index is 1.04. The molecule has 0 unspecified atom stereocenters. The molecule has 1 rings (SSSR count). The SMILES string of the molecule is CS/C(S)=C/c1ccccc1. The van der Waals surface area contributed by atoms with E-state index in [-0.39, 0.29) is 0 Å². The van der Waals surface area contributed by atoms with Crippen molar-refractivity contribution in [3.8, 4) is 0 Å². The van der Waals surface area contributed by atoms with Gasteiger partial charge in [-0.15, -0.1) is 24.4 Å². The third kappa shape index (κ3) is 3.04. The smallest absolute Gasteiger partial charge is 0.0373 e. The minimum Gasteiger partial charge on any atom is -0.137 e. The van der Waals surface area contributed by atoms with Crippen molar-refractivity contribution < 1.29 is 0 Å². The molecule has 0 aliphatic carbocycles. The molecule has 0 radical (unpaired) electrons. The molecule has 0 nitrogen and oxygen atoms in total. The fourth-order valence-electron chi connectivity index (χ4n) is 0.751. The summed E-state index contributed by atoms with van der Waals surface area (Å²) in [6, 6.07) is 10.2. The van der Waals surface area contributed by atoms with Crippen LogP contribution in [0.15, 0.2) is 34.6 Å². The van der Waals surface area contributed by atoms with Gasteiger partial charge in [0.05, 0.1) is 0 Å². The largest absolute Gasteiger partial charge is 0.137 e. The van der Waals surface area contributed by atoms with E-state index in [0.717, 1.165) is 4.24 Å². The standard InChI is InChI=1S/C9H10S2/c1-11-9(10)7-8-5-3-2-4-6-8/h2-7,10H,1H3/b9-7+. The molecule has 2 heteroatoms. The van der Waals surface area contributed by atoms with Gasteiger partial charge in [-0.1, -0.05) is 30.3 Å². The Morgan fingerprint density at radius 2 is 2.00 bits per heavy atom. The Labute approximate surface area is 77.1 Å². The molecular formula is C9H10S2. The molecule has 0 N–H and O–H groups in total. The van der Waals surface area contributed by atoms with Crippen molar-refractivity contribution in [2.45, 2.75) is 0 Å². The van der Waals surface area contributed by atoms with E-state index in [1.165, 1.54) is 5.56 Å². The van der Waals surface area contributed by atoms with Crippen molar-refractivity contribution in [2.24, 2.45) is 0 Å². The highest BCUT2D eigenvalue weighted by Crippen LogP contribution is 2.18. The molecule has 0 amide bonds. The van der Waals surface area contributed by atoms with Crippen LogP contribution in [0.4, 0.5) is 0 Å². The molecular weight excluding hydrogens is 172 g/mol. The predicted molar refractivity (Wildman–Crippen MR) is 56.9 cm³/mol. The number of hydrogen-bond donors (Lipinski definition) is 1. The average Bonchev–Trinajstić information content (AvgIpc) is 2.06. The molecule has 0 spiro atoms. The average molecular weight is 182 g/mol. The van der Waals surface area contributed by atoms with E-state index < -0.39 is 0 Å². The number of thioether (sulfide) groups is 1. The van der Waals surface area contributed by atoms with Crippen LogP contribution in [-0.2, 0) is 0 Å². The zero-order valence-electron chi connectivity index (χ0n) is 6.32. The summed E-state index contributed by atoms with van der Waals surface area (Å²) in [7, 11) is 0. The van der Waals surface area contributed by atoms with Crippen LogP contribution in [0.2, 0.25) is 0 Å². The van der Waals surface area contributed by atoms with E-state index in [2.05, 4.69) is 24.8 Å². The van der Waals surface area contributed by atoms with E-state index in [1.807, 2.05) is 30.5 Å². The lowest BCUT2D eigenvalue weighted by Crippen LogP contribution is -1.68. The predicted octanol–water partition coefficient (Wildman–Crippen LogP) is 3.28. The normalized spacial score (nSPS) is 11.6. The van der Waals surface area contributed by atoms with E-state index in [4.69, 9.17) is 0 Å². The summed E-state index contributed by atoms with van der Waals surface area (Å²) < 4.78 is 1.04. The van der Waals surface area contributed by atoms with Gasteiger partial charge >= 0.3 is 0 Å². The zero-order chi connectivity index (χ0) is 8.10. The van der Waals surface area contributed by atoms with Crippen LogP contribution in [0.25, 0.3) is 6.08 Å². The Morgan fingerprint density at radius 3 is 2.55 bits per heavy atom. The lowest BCUT2D eigenvalue weighted by molar-refractivity contribution is 1.66. The summed E-state index contributed by atoms with van der Waals surface area (Å²) >= 11 is 5.91. The number of hydrogen-bond acceptors (Lipinski definition) is 2. The third-order valence-electron chi connectivity index (χ3n) is 1.30. The molecule has 1 aromatic rings. The van der Waals surface area contributed by atoms with Gasteiger partial charge in [0.15, 0.2) is 0 Å². The number of thiol groups is 1. The molecule has 0 saturated carbocycles. The molecule has 1 aromatic carbocycles. The Balaban J connectivity index is 2.79. The number of benzene rings is 1. The molecule has 0 fully saturated rings. The van der Waals surface area contributed by atoms with E-state index in [1.54, 1.807) is 11.8 Å². The van der Waals surface area contributed by atoms with Crippen LogP contribution in [0, 0.1) is 0 Å². The molecule has 0 aliphatic rings. The van der Waals surface area contributed by atoms with Crippen LogP contribution in [0.3, 0.4) is 0 Å². The lowest BCUT2D eigenvalue weighted by Gasteiger charge is -1.93. The van der Waals surface area contributed by atoms with Gasteiger partial charge in [0.2, 0.25) is 0 Å². The number of rotatable bonds is 2. The maximum Gasteiger partial charge on any atom is 0.0373 e. The molecule has 0 heterocycles. The molecule has 0 aromatic heterocycles. The van der Waals surface area contributed by atoms with Crippen LogP contribution in [-0.4, -0.2) is 6.26 Å². The maximum absolute atomic E-state index is 4.27. The van der Waals surface area contributed by atoms with Crippen molar-refractivity contribution >= 4 is 30.5 Å². The monoisotopic (exact) mass is 182 g/mol. The van der Waals surface area contributed by atoms with Gasteiger partial charge < -0.3 is 0 Å².